The van der Waals surface area contributed by atoms with Crippen molar-refractivity contribution >= 4 is 22.5 Å². The summed E-state index contributed by atoms with van der Waals surface area (Å²) >= 11 is 0. The van der Waals surface area contributed by atoms with Crippen LogP contribution < -0.4 is 5.32 Å². The first kappa shape index (κ1) is 19.2. The van der Waals surface area contributed by atoms with E-state index in [9.17, 15) is 10.1 Å². The summed E-state index contributed by atoms with van der Waals surface area (Å²) in [5, 5.41) is 13.6. The molecule has 0 bridgehead atoms. The topological polar surface area (TPSA) is 83.6 Å². The molecule has 6 nitrogen and oxygen atoms in total. The number of fused-ring (bicyclic) bond motifs is 1. The van der Waals surface area contributed by atoms with Gasteiger partial charge in [-0.15, -0.1) is 0 Å². The molecular weight excluding hydrogens is 398 g/mol. The Morgan fingerprint density at radius 1 is 0.875 bits per heavy atom. The summed E-state index contributed by atoms with van der Waals surface area (Å²) in [4.78, 5) is 21.6. The second kappa shape index (κ2) is 8.17. The molecule has 6 heteroatoms. The Balaban J connectivity index is 1.62. The molecule has 2 aromatic carbocycles. The molecule has 32 heavy (non-hydrogen) atoms. The summed E-state index contributed by atoms with van der Waals surface area (Å²) < 4.78 is 1.73. The Morgan fingerprint density at radius 3 is 2.47 bits per heavy atom. The number of rotatable bonds is 4. The lowest BCUT2D eigenvalue weighted by molar-refractivity contribution is 0.102. The highest BCUT2D eigenvalue weighted by Crippen LogP contribution is 2.29. The number of carbonyl (C=O) groups excluding carboxylic acids is 1. The van der Waals surface area contributed by atoms with Gasteiger partial charge in [0.1, 0.15) is 11.8 Å². The van der Waals surface area contributed by atoms with Crippen LogP contribution >= 0.6 is 0 Å². The average Bonchev–Trinajstić information content (AvgIpc) is 3.23. The molecule has 3 aromatic heterocycles. The second-order valence-electron chi connectivity index (χ2n) is 7.18. The third kappa shape index (κ3) is 3.48. The van der Waals surface area contributed by atoms with Gasteiger partial charge in [0.05, 0.1) is 11.1 Å². The number of benzene rings is 2. The monoisotopic (exact) mass is 415 g/mol. The molecule has 0 atom stereocenters. The fourth-order valence-electron chi connectivity index (χ4n) is 3.72. The molecule has 0 aliphatic carbocycles. The second-order valence-corrected chi connectivity index (χ2v) is 7.18. The van der Waals surface area contributed by atoms with Crippen molar-refractivity contribution in [1.29, 1.82) is 5.26 Å². The van der Waals surface area contributed by atoms with Crippen molar-refractivity contribution in [2.75, 3.05) is 5.32 Å². The minimum absolute atomic E-state index is 0.293. The van der Waals surface area contributed by atoms with Crippen LogP contribution in [0.4, 0.5) is 5.69 Å². The molecule has 0 aliphatic rings. The Labute approximate surface area is 184 Å². The van der Waals surface area contributed by atoms with Crippen LogP contribution in [0.25, 0.3) is 27.8 Å². The van der Waals surface area contributed by atoms with Gasteiger partial charge in [0.25, 0.3) is 5.91 Å². The maximum Gasteiger partial charge on any atom is 0.259 e. The van der Waals surface area contributed by atoms with Crippen molar-refractivity contribution < 1.29 is 4.79 Å². The van der Waals surface area contributed by atoms with E-state index >= 15 is 0 Å². The molecule has 1 N–H and O–H groups in total. The van der Waals surface area contributed by atoms with Gasteiger partial charge in [0, 0.05) is 29.7 Å². The van der Waals surface area contributed by atoms with Gasteiger partial charge in [-0.25, -0.2) is 4.98 Å². The molecule has 152 valence electrons. The van der Waals surface area contributed by atoms with Crippen LogP contribution in [0.1, 0.15) is 16.1 Å². The lowest BCUT2D eigenvalue weighted by atomic mass is 10.1. The van der Waals surface area contributed by atoms with Crippen LogP contribution in [0.2, 0.25) is 0 Å². The summed E-state index contributed by atoms with van der Waals surface area (Å²) in [7, 11) is 0. The van der Waals surface area contributed by atoms with E-state index in [-0.39, 0.29) is 5.91 Å². The summed E-state index contributed by atoms with van der Waals surface area (Å²) in [5.41, 5.74) is 4.32. The molecule has 0 saturated heterocycles. The number of aromatic nitrogens is 3. The molecule has 3 heterocycles. The molecule has 0 fully saturated rings. The fourth-order valence-corrected chi connectivity index (χ4v) is 3.72. The standard InChI is InChI=1S/C26H17N5O/c27-17-22-16-20-15-19(18-10-13-28-14-11-18)8-9-24(20)31(22)25-23(7-4-12-29-25)26(32)30-21-5-2-1-3-6-21/h1-16H,(H,30,32). The van der Waals surface area contributed by atoms with E-state index in [1.807, 2.05) is 66.7 Å². The number of nitriles is 1. The van der Waals surface area contributed by atoms with E-state index in [4.69, 9.17) is 0 Å². The molecule has 5 rings (SSSR count). The van der Waals surface area contributed by atoms with Crippen molar-refractivity contribution in [3.05, 3.63) is 109 Å². The molecule has 0 spiro atoms. The predicted molar refractivity (Wildman–Crippen MR) is 123 cm³/mol. The number of anilines is 1. The lowest BCUT2D eigenvalue weighted by Gasteiger charge is -2.12. The fraction of sp³-hybridized carbons (Fsp3) is 0. The number of hydrogen-bond donors (Lipinski definition) is 1. The van der Waals surface area contributed by atoms with E-state index < -0.39 is 0 Å². The van der Waals surface area contributed by atoms with Crippen LogP contribution in [-0.4, -0.2) is 20.4 Å². The Morgan fingerprint density at radius 2 is 1.69 bits per heavy atom. The van der Waals surface area contributed by atoms with Gasteiger partial charge < -0.3 is 5.32 Å². The van der Waals surface area contributed by atoms with Crippen LogP contribution in [-0.2, 0) is 0 Å². The predicted octanol–water partition coefficient (Wildman–Crippen LogP) is 5.21. The van der Waals surface area contributed by atoms with Gasteiger partial charge in [-0.2, -0.15) is 5.26 Å². The number of nitrogens with one attached hydrogen (secondary N) is 1. The average molecular weight is 415 g/mol. The van der Waals surface area contributed by atoms with Crippen molar-refractivity contribution in [3.63, 3.8) is 0 Å². The zero-order chi connectivity index (χ0) is 21.9. The summed E-state index contributed by atoms with van der Waals surface area (Å²) in [6.07, 6.45) is 5.11. The van der Waals surface area contributed by atoms with Crippen molar-refractivity contribution in [3.8, 4) is 23.0 Å². The zero-order valence-corrected chi connectivity index (χ0v) is 16.9. The van der Waals surface area contributed by atoms with E-state index in [1.54, 1.807) is 35.3 Å². The highest BCUT2D eigenvalue weighted by Gasteiger charge is 2.19. The van der Waals surface area contributed by atoms with Crippen LogP contribution in [0, 0.1) is 11.3 Å². The maximum absolute atomic E-state index is 13.1. The van der Waals surface area contributed by atoms with E-state index in [2.05, 4.69) is 21.4 Å². The lowest BCUT2D eigenvalue weighted by Crippen LogP contribution is -2.16. The van der Waals surface area contributed by atoms with Gasteiger partial charge in [0.2, 0.25) is 0 Å². The third-order valence-electron chi connectivity index (χ3n) is 5.20. The van der Waals surface area contributed by atoms with E-state index in [0.717, 1.165) is 22.0 Å². The molecular formula is C26H17N5O. The Bertz CT molecular complexity index is 1470. The summed E-state index contributed by atoms with van der Waals surface area (Å²) in [6, 6.07) is 26.5. The number of amides is 1. The normalized spacial score (nSPS) is 10.6. The van der Waals surface area contributed by atoms with Crippen molar-refractivity contribution in [2.24, 2.45) is 0 Å². The van der Waals surface area contributed by atoms with Crippen LogP contribution in [0.3, 0.4) is 0 Å². The minimum Gasteiger partial charge on any atom is -0.322 e. The Kier molecular flexibility index (Phi) is 4.91. The number of nitrogens with zero attached hydrogens (tertiary/aromatic N) is 4. The smallest absolute Gasteiger partial charge is 0.259 e. The van der Waals surface area contributed by atoms with E-state index in [1.165, 1.54) is 0 Å². The molecule has 0 saturated carbocycles. The first-order valence-corrected chi connectivity index (χ1v) is 10.0. The quantitative estimate of drug-likeness (QED) is 0.437. The van der Waals surface area contributed by atoms with Gasteiger partial charge in [-0.3, -0.25) is 14.3 Å². The van der Waals surface area contributed by atoms with Gasteiger partial charge in [0.15, 0.2) is 5.82 Å². The SMILES string of the molecule is N#Cc1cc2cc(-c3ccncc3)ccc2n1-c1ncccc1C(=O)Nc1ccccc1. The highest BCUT2D eigenvalue weighted by atomic mass is 16.1. The number of pyridine rings is 2. The first-order valence-electron chi connectivity index (χ1n) is 10.0. The van der Waals surface area contributed by atoms with Crippen LogP contribution in [0.5, 0.6) is 0 Å². The van der Waals surface area contributed by atoms with Crippen LogP contribution in [0.15, 0.2) is 97.5 Å². The summed E-state index contributed by atoms with van der Waals surface area (Å²) in [5.74, 6) is 0.114. The zero-order valence-electron chi connectivity index (χ0n) is 16.9. The third-order valence-corrected chi connectivity index (χ3v) is 5.20. The molecule has 1 amide bonds. The van der Waals surface area contributed by atoms with E-state index in [0.29, 0.717) is 22.8 Å². The number of hydrogen-bond acceptors (Lipinski definition) is 4. The maximum atomic E-state index is 13.1. The van der Waals surface area contributed by atoms with Crippen molar-refractivity contribution in [1.82, 2.24) is 14.5 Å². The Hall–Kier alpha value is -4.76. The molecule has 0 aliphatic heterocycles. The minimum atomic E-state index is -0.293. The largest absolute Gasteiger partial charge is 0.322 e. The van der Waals surface area contributed by atoms with Gasteiger partial charge >= 0.3 is 0 Å². The van der Waals surface area contributed by atoms with Gasteiger partial charge in [-0.1, -0.05) is 24.3 Å². The first-order chi connectivity index (χ1) is 15.7. The summed E-state index contributed by atoms with van der Waals surface area (Å²) in [6.45, 7) is 0. The number of carbonyl (C=O) groups is 1. The highest BCUT2D eigenvalue weighted by molar-refractivity contribution is 6.06. The number of para-hydroxylation sites is 1. The molecule has 5 aromatic rings. The molecule has 0 unspecified atom stereocenters. The van der Waals surface area contributed by atoms with Gasteiger partial charge in [-0.05, 0) is 65.7 Å². The van der Waals surface area contributed by atoms with Crippen molar-refractivity contribution in [2.45, 2.75) is 0 Å². The molecule has 0 radical (unpaired) electrons.